The van der Waals surface area contributed by atoms with Crippen LogP contribution in [0.5, 0.6) is 0 Å². The van der Waals surface area contributed by atoms with Gasteiger partial charge < -0.3 is 10.6 Å². The second-order valence-electron chi connectivity index (χ2n) is 7.46. The number of hydrogen-bond acceptors (Lipinski definition) is 2. The Kier molecular flexibility index (Phi) is 9.85. The lowest BCUT2D eigenvalue weighted by Crippen LogP contribution is -2.41. The third kappa shape index (κ3) is 9.68. The third-order valence-electron chi connectivity index (χ3n) is 4.57. The summed E-state index contributed by atoms with van der Waals surface area (Å²) in [5.41, 5.74) is -3.00. The number of carbonyl (C=O) groups is 2. The van der Waals surface area contributed by atoms with E-state index in [2.05, 4.69) is 31.9 Å². The summed E-state index contributed by atoms with van der Waals surface area (Å²) < 4.78 is 119. The Bertz CT molecular complexity index is 1160. The van der Waals surface area contributed by atoms with Gasteiger partial charge in [0.2, 0.25) is 5.91 Å². The standard InChI is InChI=1S/C22H15Br2F9N2O2/c23-13-6-12(7-14(24)8-13)16(21(28,29)30)4-2-11-1-3-15(17(5-11)22(31,32)33)19(37)34-9-18(36)35-10-20(25,26)27/h1-8,16H,9-10H2,(H,34,37)(H,35,36)/b4-2+. The lowest BCUT2D eigenvalue weighted by molar-refractivity contribution is -0.139. The zero-order valence-corrected chi connectivity index (χ0v) is 21.3. The van der Waals surface area contributed by atoms with Gasteiger partial charge in [0.05, 0.1) is 23.6 Å². The predicted molar refractivity (Wildman–Crippen MR) is 123 cm³/mol. The molecule has 4 nitrogen and oxygen atoms in total. The third-order valence-corrected chi connectivity index (χ3v) is 5.48. The van der Waals surface area contributed by atoms with Crippen molar-refractivity contribution >= 4 is 49.8 Å². The number of allylic oxidation sites excluding steroid dienone is 1. The average Bonchev–Trinajstić information content (AvgIpc) is 2.73. The zero-order valence-electron chi connectivity index (χ0n) is 18.1. The Hall–Kier alpha value is -2.55. The van der Waals surface area contributed by atoms with Crippen LogP contribution in [0.3, 0.4) is 0 Å². The van der Waals surface area contributed by atoms with E-state index in [1.54, 1.807) is 5.32 Å². The molecule has 1 unspecified atom stereocenters. The van der Waals surface area contributed by atoms with E-state index in [1.165, 1.54) is 23.5 Å². The molecule has 2 amide bonds. The van der Waals surface area contributed by atoms with Gasteiger partial charge in [0.15, 0.2) is 0 Å². The molecule has 0 aliphatic heterocycles. The van der Waals surface area contributed by atoms with Gasteiger partial charge in [-0.15, -0.1) is 0 Å². The Morgan fingerprint density at radius 1 is 0.865 bits per heavy atom. The van der Waals surface area contributed by atoms with Gasteiger partial charge >= 0.3 is 18.5 Å². The van der Waals surface area contributed by atoms with Gasteiger partial charge in [-0.1, -0.05) is 50.1 Å². The smallest absolute Gasteiger partial charge is 0.345 e. The quantitative estimate of drug-likeness (QED) is 0.312. The van der Waals surface area contributed by atoms with Gasteiger partial charge in [0.1, 0.15) is 6.54 Å². The lowest BCUT2D eigenvalue weighted by atomic mass is 9.96. The largest absolute Gasteiger partial charge is 0.417 e. The maximum Gasteiger partial charge on any atom is 0.417 e. The Balaban J connectivity index is 2.31. The minimum atomic E-state index is -5.12. The number of carbonyl (C=O) groups excluding carboxylic acids is 2. The highest BCUT2D eigenvalue weighted by atomic mass is 79.9. The maximum absolute atomic E-state index is 13.7. The fourth-order valence-electron chi connectivity index (χ4n) is 2.99. The van der Waals surface area contributed by atoms with Crippen molar-refractivity contribution in [1.82, 2.24) is 10.6 Å². The van der Waals surface area contributed by atoms with Crippen LogP contribution in [0.2, 0.25) is 0 Å². The molecule has 0 heterocycles. The molecule has 0 radical (unpaired) electrons. The monoisotopic (exact) mass is 668 g/mol. The van der Waals surface area contributed by atoms with Crippen LogP contribution in [0.25, 0.3) is 6.08 Å². The van der Waals surface area contributed by atoms with Crippen LogP contribution in [-0.2, 0) is 11.0 Å². The molecule has 202 valence electrons. The van der Waals surface area contributed by atoms with E-state index in [4.69, 9.17) is 0 Å². The van der Waals surface area contributed by atoms with Crippen molar-refractivity contribution in [3.8, 4) is 0 Å². The zero-order chi connectivity index (χ0) is 28.2. The molecule has 0 bridgehead atoms. The van der Waals surface area contributed by atoms with Crippen molar-refractivity contribution in [2.24, 2.45) is 0 Å². The number of hydrogen-bond donors (Lipinski definition) is 2. The maximum atomic E-state index is 13.7. The number of amides is 2. The Morgan fingerprint density at radius 2 is 1.46 bits per heavy atom. The van der Waals surface area contributed by atoms with Crippen molar-refractivity contribution in [3.63, 3.8) is 0 Å². The first-order valence-electron chi connectivity index (χ1n) is 9.90. The fraction of sp³-hybridized carbons (Fsp3) is 0.273. The summed E-state index contributed by atoms with van der Waals surface area (Å²) in [6.07, 6.45) is -13.2. The molecule has 2 rings (SSSR count). The molecule has 0 spiro atoms. The summed E-state index contributed by atoms with van der Waals surface area (Å²) in [5, 5.41) is 3.21. The fourth-order valence-corrected chi connectivity index (χ4v) is 4.32. The summed E-state index contributed by atoms with van der Waals surface area (Å²) in [4.78, 5) is 23.6. The van der Waals surface area contributed by atoms with E-state index in [0.717, 1.165) is 12.1 Å². The van der Waals surface area contributed by atoms with E-state index >= 15 is 0 Å². The molecule has 0 saturated heterocycles. The molecule has 0 fully saturated rings. The normalized spacial score (nSPS) is 13.5. The van der Waals surface area contributed by atoms with Crippen molar-refractivity contribution in [3.05, 3.63) is 73.7 Å². The molecule has 0 aromatic heterocycles. The van der Waals surface area contributed by atoms with Crippen molar-refractivity contribution in [1.29, 1.82) is 0 Å². The molecule has 0 saturated carbocycles. The van der Waals surface area contributed by atoms with Crippen LogP contribution < -0.4 is 10.6 Å². The average molecular weight is 670 g/mol. The van der Waals surface area contributed by atoms with E-state index in [0.29, 0.717) is 27.2 Å². The van der Waals surface area contributed by atoms with Crippen LogP contribution >= 0.6 is 31.9 Å². The summed E-state index contributed by atoms with van der Waals surface area (Å²) in [6.45, 7) is -2.74. The van der Waals surface area contributed by atoms with Gasteiger partial charge in [-0.3, -0.25) is 9.59 Å². The van der Waals surface area contributed by atoms with Crippen molar-refractivity contribution in [2.45, 2.75) is 24.4 Å². The van der Waals surface area contributed by atoms with Crippen LogP contribution in [0, 0.1) is 0 Å². The first-order valence-corrected chi connectivity index (χ1v) is 11.5. The van der Waals surface area contributed by atoms with Crippen LogP contribution in [-0.4, -0.2) is 37.3 Å². The van der Waals surface area contributed by atoms with Crippen LogP contribution in [0.1, 0.15) is 33.0 Å². The van der Waals surface area contributed by atoms with Crippen molar-refractivity contribution < 1.29 is 49.1 Å². The molecule has 15 heteroatoms. The molecular weight excluding hydrogens is 655 g/mol. The minimum absolute atomic E-state index is 0.194. The number of alkyl halides is 9. The van der Waals surface area contributed by atoms with Gasteiger partial charge in [-0.25, -0.2) is 0 Å². The number of nitrogens with one attached hydrogen (secondary N) is 2. The number of rotatable bonds is 7. The highest BCUT2D eigenvalue weighted by Crippen LogP contribution is 2.39. The molecule has 37 heavy (non-hydrogen) atoms. The molecule has 0 aliphatic rings. The summed E-state index contributed by atoms with van der Waals surface area (Å²) in [7, 11) is 0. The van der Waals surface area contributed by atoms with Crippen LogP contribution in [0.4, 0.5) is 39.5 Å². The number of halogens is 11. The van der Waals surface area contributed by atoms with Crippen molar-refractivity contribution in [2.75, 3.05) is 13.1 Å². The number of benzene rings is 2. The van der Waals surface area contributed by atoms with E-state index < -0.39 is 60.5 Å². The summed E-state index contributed by atoms with van der Waals surface area (Å²) in [6, 6.07) is 5.98. The molecule has 2 aromatic rings. The van der Waals surface area contributed by atoms with Gasteiger partial charge in [-0.2, -0.15) is 39.5 Å². The van der Waals surface area contributed by atoms with Gasteiger partial charge in [0, 0.05) is 8.95 Å². The predicted octanol–water partition coefficient (Wildman–Crippen LogP) is 7.00. The highest BCUT2D eigenvalue weighted by Gasteiger charge is 2.39. The summed E-state index contributed by atoms with van der Waals surface area (Å²) in [5.74, 6) is -4.89. The minimum Gasteiger partial charge on any atom is -0.345 e. The Morgan fingerprint density at radius 3 is 1.97 bits per heavy atom. The first kappa shape index (κ1) is 30.7. The van der Waals surface area contributed by atoms with Gasteiger partial charge in [-0.05, 0) is 41.5 Å². The molecule has 2 aromatic carbocycles. The SMILES string of the molecule is O=C(CNC(=O)c1ccc(/C=C/C(c2cc(Br)cc(Br)c2)C(F)(F)F)cc1C(F)(F)F)NCC(F)(F)F. The lowest BCUT2D eigenvalue weighted by Gasteiger charge is -2.18. The second kappa shape index (κ2) is 11.9. The van der Waals surface area contributed by atoms with Crippen LogP contribution in [0.15, 0.2) is 51.4 Å². The highest BCUT2D eigenvalue weighted by molar-refractivity contribution is 9.11. The molecule has 2 N–H and O–H groups in total. The van der Waals surface area contributed by atoms with E-state index in [-0.39, 0.29) is 11.1 Å². The summed E-state index contributed by atoms with van der Waals surface area (Å²) >= 11 is 6.15. The topological polar surface area (TPSA) is 58.2 Å². The molecule has 0 aliphatic carbocycles. The molecule has 1 atom stereocenters. The van der Waals surface area contributed by atoms with E-state index in [1.807, 2.05) is 0 Å². The Labute approximate surface area is 220 Å². The first-order chi connectivity index (χ1) is 16.9. The van der Waals surface area contributed by atoms with E-state index in [9.17, 15) is 49.1 Å². The van der Waals surface area contributed by atoms with Gasteiger partial charge in [0.25, 0.3) is 5.91 Å². The second-order valence-corrected chi connectivity index (χ2v) is 9.29. The molecular formula is C22H15Br2F9N2O2.